The fraction of sp³-hybridized carbons (Fsp3) is 0.538. The van der Waals surface area contributed by atoms with Gasteiger partial charge in [0.2, 0.25) is 0 Å². The van der Waals surface area contributed by atoms with Crippen LogP contribution in [0.25, 0.3) is 0 Å². The maximum atomic E-state index is 5.78. The summed E-state index contributed by atoms with van der Waals surface area (Å²) in [6.45, 7) is 8.75. The molecule has 0 heterocycles. The van der Waals surface area contributed by atoms with Crippen LogP contribution in [0.3, 0.4) is 0 Å². The second kappa shape index (κ2) is 5.53. The highest BCUT2D eigenvalue weighted by molar-refractivity contribution is 6.13. The summed E-state index contributed by atoms with van der Waals surface area (Å²) >= 11 is 5.78. The van der Waals surface area contributed by atoms with Gasteiger partial charge in [-0.15, -0.1) is 0 Å². The third kappa shape index (κ3) is 3.22. The maximum absolute atomic E-state index is 5.78. The molecule has 0 spiro atoms. The van der Waals surface area contributed by atoms with Crippen LogP contribution in [0.2, 0.25) is 0 Å². The van der Waals surface area contributed by atoms with Crippen molar-refractivity contribution >= 4 is 11.8 Å². The summed E-state index contributed by atoms with van der Waals surface area (Å²) in [7, 11) is 0. The highest BCUT2D eigenvalue weighted by atomic mass is 35.5. The number of nitrogens with one attached hydrogen (secondary N) is 1. The van der Waals surface area contributed by atoms with Crippen molar-refractivity contribution in [2.75, 3.05) is 0 Å². The van der Waals surface area contributed by atoms with Crippen LogP contribution in [-0.2, 0) is 0 Å². The third-order valence-corrected chi connectivity index (χ3v) is 2.96. The largest absolute Gasteiger partial charge is 0.226 e. The Balaban J connectivity index is 2.98. The SMILES string of the molecule is CC(C)c1cccc(C(NCl)C(C)C)c1. The molecule has 0 aliphatic heterocycles. The Morgan fingerprint density at radius 1 is 1.07 bits per heavy atom. The molecule has 84 valence electrons. The normalized spacial score (nSPS) is 13.5. The van der Waals surface area contributed by atoms with Gasteiger partial charge in [-0.2, -0.15) is 0 Å². The van der Waals surface area contributed by atoms with Crippen molar-refractivity contribution in [3.8, 4) is 0 Å². The van der Waals surface area contributed by atoms with E-state index >= 15 is 0 Å². The molecule has 0 radical (unpaired) electrons. The van der Waals surface area contributed by atoms with Crippen molar-refractivity contribution in [2.24, 2.45) is 5.92 Å². The van der Waals surface area contributed by atoms with Gasteiger partial charge in [0.25, 0.3) is 0 Å². The Morgan fingerprint density at radius 3 is 2.13 bits per heavy atom. The molecule has 0 amide bonds. The second-order valence-corrected chi connectivity index (χ2v) is 4.87. The summed E-state index contributed by atoms with van der Waals surface area (Å²) < 4.78 is 0. The quantitative estimate of drug-likeness (QED) is 0.756. The van der Waals surface area contributed by atoms with Crippen LogP contribution in [0.5, 0.6) is 0 Å². The second-order valence-electron chi connectivity index (χ2n) is 4.66. The van der Waals surface area contributed by atoms with Crippen LogP contribution >= 0.6 is 11.8 Å². The number of halogens is 1. The number of hydrogen-bond donors (Lipinski definition) is 1. The smallest absolute Gasteiger partial charge is 0.0493 e. The Labute approximate surface area is 98.0 Å². The van der Waals surface area contributed by atoms with E-state index in [9.17, 15) is 0 Å². The molecule has 15 heavy (non-hydrogen) atoms. The predicted molar refractivity (Wildman–Crippen MR) is 67.1 cm³/mol. The molecule has 0 saturated heterocycles. The van der Waals surface area contributed by atoms with Crippen molar-refractivity contribution < 1.29 is 0 Å². The van der Waals surface area contributed by atoms with Gasteiger partial charge in [-0.05, 0) is 34.7 Å². The summed E-state index contributed by atoms with van der Waals surface area (Å²) in [6.07, 6.45) is 0. The Morgan fingerprint density at radius 2 is 1.67 bits per heavy atom. The Kier molecular flexibility index (Phi) is 4.62. The molecule has 0 saturated carbocycles. The minimum atomic E-state index is 0.227. The number of benzene rings is 1. The lowest BCUT2D eigenvalue weighted by molar-refractivity contribution is 0.482. The van der Waals surface area contributed by atoms with Gasteiger partial charge in [0.1, 0.15) is 0 Å². The summed E-state index contributed by atoms with van der Waals surface area (Å²) in [5, 5.41) is 0. The number of rotatable bonds is 4. The van der Waals surface area contributed by atoms with Crippen LogP contribution in [0.1, 0.15) is 50.8 Å². The van der Waals surface area contributed by atoms with Gasteiger partial charge < -0.3 is 0 Å². The summed E-state index contributed by atoms with van der Waals surface area (Å²) in [6, 6.07) is 8.87. The lowest BCUT2D eigenvalue weighted by Crippen LogP contribution is -2.17. The van der Waals surface area contributed by atoms with Gasteiger partial charge in [0.05, 0.1) is 0 Å². The molecule has 1 aromatic carbocycles. The lowest BCUT2D eigenvalue weighted by atomic mass is 9.93. The third-order valence-electron chi connectivity index (χ3n) is 2.72. The minimum Gasteiger partial charge on any atom is -0.226 e. The van der Waals surface area contributed by atoms with Crippen LogP contribution in [0, 0.1) is 5.92 Å². The van der Waals surface area contributed by atoms with Crippen LogP contribution in [0.4, 0.5) is 0 Å². The van der Waals surface area contributed by atoms with Gasteiger partial charge >= 0.3 is 0 Å². The van der Waals surface area contributed by atoms with E-state index in [4.69, 9.17) is 11.8 Å². The van der Waals surface area contributed by atoms with Crippen molar-refractivity contribution in [3.63, 3.8) is 0 Å². The van der Waals surface area contributed by atoms with E-state index in [0.29, 0.717) is 11.8 Å². The number of hydrogen-bond acceptors (Lipinski definition) is 1. The highest BCUT2D eigenvalue weighted by Gasteiger charge is 2.14. The standard InChI is InChI=1S/C13H20ClN/c1-9(2)11-6-5-7-12(8-11)13(15-14)10(3)4/h5-10,13,15H,1-4H3. The summed E-state index contributed by atoms with van der Waals surface area (Å²) in [4.78, 5) is 2.86. The van der Waals surface area contributed by atoms with E-state index in [1.165, 1.54) is 11.1 Å². The molecule has 2 heteroatoms. The topological polar surface area (TPSA) is 12.0 Å². The van der Waals surface area contributed by atoms with E-state index in [1.807, 2.05) is 0 Å². The van der Waals surface area contributed by atoms with Crippen molar-refractivity contribution in [3.05, 3.63) is 35.4 Å². The van der Waals surface area contributed by atoms with Crippen molar-refractivity contribution in [1.82, 2.24) is 4.84 Å². The van der Waals surface area contributed by atoms with Crippen LogP contribution in [0.15, 0.2) is 24.3 Å². The average Bonchev–Trinajstić information content (AvgIpc) is 2.18. The molecular formula is C13H20ClN. The first-order valence-electron chi connectivity index (χ1n) is 5.52. The lowest BCUT2D eigenvalue weighted by Gasteiger charge is -2.20. The van der Waals surface area contributed by atoms with Crippen molar-refractivity contribution in [1.29, 1.82) is 0 Å². The fourth-order valence-electron chi connectivity index (χ4n) is 1.69. The summed E-state index contributed by atoms with van der Waals surface area (Å²) in [5.74, 6) is 1.05. The minimum absolute atomic E-state index is 0.227. The molecule has 1 nitrogen and oxygen atoms in total. The molecule has 0 aliphatic carbocycles. The van der Waals surface area contributed by atoms with Gasteiger partial charge in [0.15, 0.2) is 0 Å². The summed E-state index contributed by atoms with van der Waals surface area (Å²) in [5.41, 5.74) is 2.64. The van der Waals surface area contributed by atoms with Crippen LogP contribution in [-0.4, -0.2) is 0 Å². The molecule has 1 unspecified atom stereocenters. The molecule has 1 N–H and O–H groups in total. The molecule has 0 fully saturated rings. The zero-order valence-electron chi connectivity index (χ0n) is 9.92. The highest BCUT2D eigenvalue weighted by Crippen LogP contribution is 2.25. The predicted octanol–water partition coefficient (Wildman–Crippen LogP) is 4.25. The molecular weight excluding hydrogens is 206 g/mol. The zero-order valence-corrected chi connectivity index (χ0v) is 10.7. The zero-order chi connectivity index (χ0) is 11.4. The van der Waals surface area contributed by atoms with Gasteiger partial charge in [-0.1, -0.05) is 52.0 Å². The molecule has 0 bridgehead atoms. The molecule has 1 aromatic rings. The molecule has 1 rings (SSSR count). The average molecular weight is 226 g/mol. The van der Waals surface area contributed by atoms with Crippen molar-refractivity contribution in [2.45, 2.75) is 39.7 Å². The van der Waals surface area contributed by atoms with E-state index in [0.717, 1.165) is 0 Å². The van der Waals surface area contributed by atoms with E-state index in [-0.39, 0.29) is 6.04 Å². The fourth-order valence-corrected chi connectivity index (χ4v) is 2.06. The van der Waals surface area contributed by atoms with E-state index < -0.39 is 0 Å². The van der Waals surface area contributed by atoms with E-state index in [1.54, 1.807) is 0 Å². The Bertz CT molecular complexity index is 307. The van der Waals surface area contributed by atoms with Gasteiger partial charge in [-0.3, -0.25) is 0 Å². The monoisotopic (exact) mass is 225 g/mol. The molecule has 0 aromatic heterocycles. The Hall–Kier alpha value is -0.530. The first-order chi connectivity index (χ1) is 7.06. The van der Waals surface area contributed by atoms with E-state index in [2.05, 4.69) is 56.8 Å². The molecule has 0 aliphatic rings. The maximum Gasteiger partial charge on any atom is 0.0493 e. The first kappa shape index (κ1) is 12.5. The molecule has 1 atom stereocenters. The first-order valence-corrected chi connectivity index (χ1v) is 5.90. The van der Waals surface area contributed by atoms with Crippen LogP contribution < -0.4 is 4.84 Å². The van der Waals surface area contributed by atoms with Gasteiger partial charge in [0, 0.05) is 6.04 Å². The van der Waals surface area contributed by atoms with Gasteiger partial charge in [-0.25, -0.2) is 4.84 Å².